The number of carbonyl (C=O) groups is 1. The zero-order valence-electron chi connectivity index (χ0n) is 13.6. The number of hydrogen-bond acceptors (Lipinski definition) is 4. The average Bonchev–Trinajstić information content (AvgIpc) is 2.48. The van der Waals surface area contributed by atoms with E-state index in [1.165, 1.54) is 0 Å². The van der Waals surface area contributed by atoms with Gasteiger partial charge in [-0.05, 0) is 47.3 Å². The van der Waals surface area contributed by atoms with E-state index in [1.807, 2.05) is 24.3 Å². The molecule has 2 rings (SSSR count). The highest BCUT2D eigenvalue weighted by atomic mass is 79.9. The maximum atomic E-state index is 12.2. The van der Waals surface area contributed by atoms with Crippen molar-refractivity contribution in [1.29, 1.82) is 0 Å². The van der Waals surface area contributed by atoms with E-state index in [2.05, 4.69) is 50.4 Å². The fourth-order valence-corrected chi connectivity index (χ4v) is 2.40. The van der Waals surface area contributed by atoms with Crippen LogP contribution in [0.1, 0.15) is 36.6 Å². The molecule has 0 aliphatic rings. The number of hydrogen-bond donors (Lipinski definition) is 2. The van der Waals surface area contributed by atoms with Gasteiger partial charge in [0.2, 0.25) is 0 Å². The summed E-state index contributed by atoms with van der Waals surface area (Å²) in [5, 5.41) is 6.10. The van der Waals surface area contributed by atoms with E-state index in [-0.39, 0.29) is 5.91 Å². The number of anilines is 2. The largest absolute Gasteiger partial charge is 0.351 e. The van der Waals surface area contributed by atoms with Gasteiger partial charge in [-0.25, -0.2) is 9.97 Å². The lowest BCUT2D eigenvalue weighted by molar-refractivity contribution is 0.0946. The maximum absolute atomic E-state index is 12.2. The number of carbonyl (C=O) groups excluding carboxylic acids is 1. The Hall–Kier alpha value is -1.95. The van der Waals surface area contributed by atoms with Crippen molar-refractivity contribution in [2.75, 3.05) is 11.9 Å². The van der Waals surface area contributed by atoms with Gasteiger partial charge < -0.3 is 10.6 Å². The zero-order chi connectivity index (χ0) is 16.8. The van der Waals surface area contributed by atoms with Crippen LogP contribution in [-0.4, -0.2) is 22.4 Å². The van der Waals surface area contributed by atoms with Gasteiger partial charge in [-0.1, -0.05) is 26.0 Å². The van der Waals surface area contributed by atoms with E-state index < -0.39 is 0 Å². The first kappa shape index (κ1) is 17.4. The fraction of sp³-hybridized carbons (Fsp3) is 0.353. The summed E-state index contributed by atoms with van der Waals surface area (Å²) < 4.78 is 0.930. The standard InChI is InChI=1S/C17H21BrN4O/c1-11(2)8-9-19-17(23)15-10-16(21-12(3)20-15)22-14-7-5-4-6-13(14)18/h4-7,10-11H,8-9H2,1-3H3,(H,19,23)(H,20,21,22). The Morgan fingerprint density at radius 2 is 2.00 bits per heavy atom. The highest BCUT2D eigenvalue weighted by molar-refractivity contribution is 9.10. The molecule has 0 bridgehead atoms. The summed E-state index contributed by atoms with van der Waals surface area (Å²) in [5.41, 5.74) is 1.26. The van der Waals surface area contributed by atoms with Crippen LogP contribution in [0.5, 0.6) is 0 Å². The lowest BCUT2D eigenvalue weighted by atomic mass is 10.1. The van der Waals surface area contributed by atoms with Gasteiger partial charge >= 0.3 is 0 Å². The molecule has 0 unspecified atom stereocenters. The number of aromatic nitrogens is 2. The number of halogens is 1. The lowest BCUT2D eigenvalue weighted by Crippen LogP contribution is -2.26. The quantitative estimate of drug-likeness (QED) is 0.797. The first-order valence-electron chi connectivity index (χ1n) is 7.61. The molecule has 1 heterocycles. The van der Waals surface area contributed by atoms with Crippen LogP contribution in [0.4, 0.5) is 11.5 Å². The van der Waals surface area contributed by atoms with Crippen LogP contribution in [0.3, 0.4) is 0 Å². The summed E-state index contributed by atoms with van der Waals surface area (Å²) in [6.45, 7) is 6.67. The third-order valence-electron chi connectivity index (χ3n) is 3.21. The molecule has 0 saturated carbocycles. The molecule has 0 aliphatic heterocycles. The summed E-state index contributed by atoms with van der Waals surface area (Å²) >= 11 is 3.48. The number of benzene rings is 1. The van der Waals surface area contributed by atoms with Crippen LogP contribution < -0.4 is 10.6 Å². The molecule has 5 nitrogen and oxygen atoms in total. The van der Waals surface area contributed by atoms with Gasteiger partial charge in [-0.15, -0.1) is 0 Å². The molecule has 1 amide bonds. The molecule has 23 heavy (non-hydrogen) atoms. The summed E-state index contributed by atoms with van der Waals surface area (Å²) in [5.74, 6) is 1.52. The minimum absolute atomic E-state index is 0.175. The van der Waals surface area contributed by atoms with Gasteiger partial charge in [0.05, 0.1) is 5.69 Å². The zero-order valence-corrected chi connectivity index (χ0v) is 15.1. The molecule has 0 spiro atoms. The first-order chi connectivity index (χ1) is 11.0. The molecule has 2 aromatic rings. The number of rotatable bonds is 6. The highest BCUT2D eigenvalue weighted by Gasteiger charge is 2.11. The number of nitrogens with one attached hydrogen (secondary N) is 2. The van der Waals surface area contributed by atoms with Crippen LogP contribution in [0, 0.1) is 12.8 Å². The second-order valence-electron chi connectivity index (χ2n) is 5.73. The van der Waals surface area contributed by atoms with E-state index in [4.69, 9.17) is 0 Å². The maximum Gasteiger partial charge on any atom is 0.270 e. The van der Waals surface area contributed by atoms with E-state index in [1.54, 1.807) is 13.0 Å². The number of nitrogens with zero attached hydrogens (tertiary/aromatic N) is 2. The molecule has 0 saturated heterocycles. The molecular formula is C17H21BrN4O. The second-order valence-corrected chi connectivity index (χ2v) is 6.58. The van der Waals surface area contributed by atoms with Crippen molar-refractivity contribution in [3.05, 3.63) is 46.3 Å². The van der Waals surface area contributed by atoms with E-state index >= 15 is 0 Å². The van der Waals surface area contributed by atoms with Crippen LogP contribution in [0.15, 0.2) is 34.8 Å². The van der Waals surface area contributed by atoms with Gasteiger partial charge in [-0.2, -0.15) is 0 Å². The van der Waals surface area contributed by atoms with Gasteiger partial charge in [-0.3, -0.25) is 4.79 Å². The van der Waals surface area contributed by atoms with Gasteiger partial charge in [0, 0.05) is 17.1 Å². The van der Waals surface area contributed by atoms with Gasteiger partial charge in [0.25, 0.3) is 5.91 Å². The highest BCUT2D eigenvalue weighted by Crippen LogP contribution is 2.24. The minimum atomic E-state index is -0.175. The van der Waals surface area contributed by atoms with Crippen LogP contribution in [-0.2, 0) is 0 Å². The van der Waals surface area contributed by atoms with E-state index in [0.717, 1.165) is 16.6 Å². The van der Waals surface area contributed by atoms with Crippen molar-refractivity contribution >= 4 is 33.3 Å². The van der Waals surface area contributed by atoms with Crippen LogP contribution in [0.25, 0.3) is 0 Å². The van der Waals surface area contributed by atoms with Crippen molar-refractivity contribution in [1.82, 2.24) is 15.3 Å². The Kier molecular flexibility index (Phi) is 6.10. The first-order valence-corrected chi connectivity index (χ1v) is 8.40. The van der Waals surface area contributed by atoms with Crippen molar-refractivity contribution in [3.63, 3.8) is 0 Å². The smallest absolute Gasteiger partial charge is 0.270 e. The molecule has 122 valence electrons. The van der Waals surface area contributed by atoms with Crippen molar-refractivity contribution in [2.45, 2.75) is 27.2 Å². The molecule has 2 N–H and O–H groups in total. The van der Waals surface area contributed by atoms with Crippen LogP contribution in [0.2, 0.25) is 0 Å². The lowest BCUT2D eigenvalue weighted by Gasteiger charge is -2.11. The summed E-state index contributed by atoms with van der Waals surface area (Å²) in [7, 11) is 0. The average molecular weight is 377 g/mol. The molecule has 1 aromatic carbocycles. The Bertz CT molecular complexity index is 688. The molecule has 0 aliphatic carbocycles. The van der Waals surface area contributed by atoms with Gasteiger partial charge in [0.1, 0.15) is 17.3 Å². The Labute approximate surface area is 145 Å². The van der Waals surface area contributed by atoms with Crippen molar-refractivity contribution in [2.24, 2.45) is 5.92 Å². The Morgan fingerprint density at radius 1 is 1.26 bits per heavy atom. The Morgan fingerprint density at radius 3 is 2.70 bits per heavy atom. The Balaban J connectivity index is 2.12. The third kappa shape index (κ3) is 5.32. The molecular weight excluding hydrogens is 356 g/mol. The van der Waals surface area contributed by atoms with Crippen molar-refractivity contribution in [3.8, 4) is 0 Å². The third-order valence-corrected chi connectivity index (χ3v) is 3.91. The van der Waals surface area contributed by atoms with Crippen LogP contribution >= 0.6 is 15.9 Å². The minimum Gasteiger partial charge on any atom is -0.351 e. The van der Waals surface area contributed by atoms with Crippen molar-refractivity contribution < 1.29 is 4.79 Å². The topological polar surface area (TPSA) is 66.9 Å². The monoisotopic (exact) mass is 376 g/mol. The molecule has 1 aromatic heterocycles. The summed E-state index contributed by atoms with van der Waals surface area (Å²) in [6, 6.07) is 9.41. The fourth-order valence-electron chi connectivity index (χ4n) is 2.01. The molecule has 0 fully saturated rings. The summed E-state index contributed by atoms with van der Waals surface area (Å²) in [4.78, 5) is 20.8. The SMILES string of the molecule is Cc1nc(Nc2ccccc2Br)cc(C(=O)NCCC(C)C)n1. The second kappa shape index (κ2) is 8.06. The van der Waals surface area contributed by atoms with Gasteiger partial charge in [0.15, 0.2) is 0 Å². The number of aryl methyl sites for hydroxylation is 1. The predicted molar refractivity (Wildman–Crippen MR) is 96.0 cm³/mol. The normalized spacial score (nSPS) is 10.7. The molecule has 0 radical (unpaired) electrons. The number of para-hydroxylation sites is 1. The molecule has 6 heteroatoms. The molecule has 0 atom stereocenters. The van der Waals surface area contributed by atoms with E-state index in [9.17, 15) is 4.79 Å². The summed E-state index contributed by atoms with van der Waals surface area (Å²) in [6.07, 6.45) is 0.942. The van der Waals surface area contributed by atoms with E-state index in [0.29, 0.717) is 29.8 Å². The predicted octanol–water partition coefficient (Wildman–Crippen LogP) is 4.07. The number of amides is 1.